The number of rotatable bonds is 5. The first kappa shape index (κ1) is 17.3. The summed E-state index contributed by atoms with van der Waals surface area (Å²) in [6, 6.07) is 8.70. The van der Waals surface area contributed by atoms with E-state index in [0.29, 0.717) is 17.8 Å². The lowest BCUT2D eigenvalue weighted by molar-refractivity contribution is -0.132. The number of carbonyl (C=O) groups is 2. The Morgan fingerprint density at radius 3 is 2.70 bits per heavy atom. The smallest absolute Gasteiger partial charge is 0.325 e. The Hall–Kier alpha value is -3.07. The normalized spacial score (nSPS) is 19.6. The topological polar surface area (TPSA) is 88.3 Å². The summed E-state index contributed by atoms with van der Waals surface area (Å²) in [6.45, 7) is 1.65. The van der Waals surface area contributed by atoms with Crippen molar-refractivity contribution in [3.8, 4) is 10.7 Å². The molecule has 1 N–H and O–H groups in total. The van der Waals surface area contributed by atoms with Gasteiger partial charge in [0.25, 0.3) is 5.91 Å². The second kappa shape index (κ2) is 6.58. The number of imide groups is 1. The monoisotopic (exact) mass is 386 g/mol. The van der Waals surface area contributed by atoms with E-state index in [1.54, 1.807) is 6.92 Å². The van der Waals surface area contributed by atoms with Gasteiger partial charge in [-0.2, -0.15) is 4.98 Å². The quantitative estimate of drug-likeness (QED) is 0.680. The van der Waals surface area contributed by atoms with E-state index in [2.05, 4.69) is 15.5 Å². The lowest BCUT2D eigenvalue weighted by atomic mass is 9.87. The third-order valence-corrected chi connectivity index (χ3v) is 5.41. The Balaban J connectivity index is 1.60. The number of nitrogens with zero attached hydrogens (tertiary/aromatic N) is 3. The molecule has 1 aliphatic heterocycles. The number of urea groups is 1. The summed E-state index contributed by atoms with van der Waals surface area (Å²) in [5, 5.41) is 8.51. The molecule has 1 aromatic carbocycles. The van der Waals surface area contributed by atoms with Crippen LogP contribution in [0.3, 0.4) is 0 Å². The number of hydrogen-bond acceptors (Lipinski definition) is 6. The summed E-state index contributed by atoms with van der Waals surface area (Å²) in [7, 11) is 0. The minimum absolute atomic E-state index is 0.133. The molecule has 9 heteroatoms. The van der Waals surface area contributed by atoms with Crippen molar-refractivity contribution in [1.29, 1.82) is 0 Å². The van der Waals surface area contributed by atoms with Crippen molar-refractivity contribution < 1.29 is 18.5 Å². The standard InChI is InChI=1S/C18H15FN4O3S/c1-2-18(11-5-7-12(19)8-6-11)16(24)23(17(25)21-18)10-14-20-15(22-26-14)13-4-3-9-27-13/h3-9H,2,10H2,1H3,(H,21,25). The van der Waals surface area contributed by atoms with Crippen molar-refractivity contribution in [1.82, 2.24) is 20.4 Å². The van der Waals surface area contributed by atoms with Gasteiger partial charge < -0.3 is 9.84 Å². The second-order valence-electron chi connectivity index (χ2n) is 6.08. The molecule has 3 heterocycles. The summed E-state index contributed by atoms with van der Waals surface area (Å²) in [5.74, 6) is -0.275. The molecule has 3 aromatic rings. The molecule has 7 nitrogen and oxygen atoms in total. The lowest BCUT2D eigenvalue weighted by Gasteiger charge is -2.25. The molecule has 0 saturated carbocycles. The Morgan fingerprint density at radius 2 is 2.04 bits per heavy atom. The van der Waals surface area contributed by atoms with Crippen LogP contribution in [-0.2, 0) is 16.9 Å². The molecule has 4 rings (SSSR count). The molecule has 3 amide bonds. The first-order valence-electron chi connectivity index (χ1n) is 8.30. The fraction of sp³-hybridized carbons (Fsp3) is 0.222. The van der Waals surface area contributed by atoms with Crippen LogP contribution in [0.5, 0.6) is 0 Å². The van der Waals surface area contributed by atoms with Crippen LogP contribution < -0.4 is 5.32 Å². The first-order valence-corrected chi connectivity index (χ1v) is 9.18. The molecular formula is C18H15FN4O3S. The van der Waals surface area contributed by atoms with E-state index in [1.165, 1.54) is 35.6 Å². The molecule has 2 aromatic heterocycles. The molecule has 27 heavy (non-hydrogen) atoms. The van der Waals surface area contributed by atoms with Crippen molar-refractivity contribution in [2.75, 3.05) is 0 Å². The Morgan fingerprint density at radius 1 is 1.26 bits per heavy atom. The van der Waals surface area contributed by atoms with Crippen LogP contribution in [0.25, 0.3) is 10.7 Å². The summed E-state index contributed by atoms with van der Waals surface area (Å²) < 4.78 is 18.4. The number of halogens is 1. The van der Waals surface area contributed by atoms with Gasteiger partial charge in [0.1, 0.15) is 17.9 Å². The summed E-state index contributed by atoms with van der Waals surface area (Å²) in [6.07, 6.45) is 0.323. The summed E-state index contributed by atoms with van der Waals surface area (Å²) in [4.78, 5) is 31.6. The Kier molecular flexibility index (Phi) is 4.23. The minimum Gasteiger partial charge on any atom is -0.337 e. The van der Waals surface area contributed by atoms with Gasteiger partial charge in [0.15, 0.2) is 0 Å². The predicted molar refractivity (Wildman–Crippen MR) is 95.1 cm³/mol. The number of amides is 3. The SMILES string of the molecule is CCC1(c2ccc(F)cc2)NC(=O)N(Cc2nc(-c3cccs3)no2)C1=O. The Bertz CT molecular complexity index is 986. The van der Waals surface area contributed by atoms with Crippen LogP contribution in [0.1, 0.15) is 24.8 Å². The maximum Gasteiger partial charge on any atom is 0.325 e. The van der Waals surface area contributed by atoms with Crippen LogP contribution in [0.2, 0.25) is 0 Å². The van der Waals surface area contributed by atoms with E-state index >= 15 is 0 Å². The maximum absolute atomic E-state index is 13.2. The van der Waals surface area contributed by atoms with Gasteiger partial charge in [-0.3, -0.25) is 9.69 Å². The van der Waals surface area contributed by atoms with Gasteiger partial charge in [-0.15, -0.1) is 11.3 Å². The second-order valence-corrected chi connectivity index (χ2v) is 7.02. The van der Waals surface area contributed by atoms with Gasteiger partial charge in [-0.05, 0) is 35.6 Å². The molecule has 1 fully saturated rings. The van der Waals surface area contributed by atoms with Gasteiger partial charge in [0.2, 0.25) is 11.7 Å². The first-order chi connectivity index (χ1) is 13.0. The fourth-order valence-electron chi connectivity index (χ4n) is 3.10. The van der Waals surface area contributed by atoms with Crippen LogP contribution in [0.4, 0.5) is 9.18 Å². The third kappa shape index (κ3) is 2.89. The van der Waals surface area contributed by atoms with Crippen LogP contribution in [0, 0.1) is 5.82 Å². The van der Waals surface area contributed by atoms with Crippen molar-refractivity contribution in [2.45, 2.75) is 25.4 Å². The van der Waals surface area contributed by atoms with Gasteiger partial charge in [0, 0.05) is 0 Å². The average molecular weight is 386 g/mol. The maximum atomic E-state index is 13.2. The molecule has 1 atom stereocenters. The molecular weight excluding hydrogens is 371 g/mol. The minimum atomic E-state index is -1.23. The highest BCUT2D eigenvalue weighted by Gasteiger charge is 2.51. The van der Waals surface area contributed by atoms with E-state index in [4.69, 9.17) is 4.52 Å². The molecule has 1 unspecified atom stereocenters. The Labute approximate surface area is 157 Å². The van der Waals surface area contributed by atoms with Crippen LogP contribution >= 0.6 is 11.3 Å². The number of carbonyl (C=O) groups excluding carboxylic acids is 2. The highest BCUT2D eigenvalue weighted by atomic mass is 32.1. The third-order valence-electron chi connectivity index (χ3n) is 4.55. The lowest BCUT2D eigenvalue weighted by Crippen LogP contribution is -2.43. The predicted octanol–water partition coefficient (Wildman–Crippen LogP) is 3.29. The fourth-order valence-corrected chi connectivity index (χ4v) is 3.75. The van der Waals surface area contributed by atoms with Gasteiger partial charge >= 0.3 is 6.03 Å². The van der Waals surface area contributed by atoms with E-state index in [0.717, 1.165) is 9.78 Å². The molecule has 0 radical (unpaired) electrons. The van der Waals surface area contributed by atoms with Gasteiger partial charge in [-0.25, -0.2) is 9.18 Å². The van der Waals surface area contributed by atoms with Crippen LogP contribution in [0.15, 0.2) is 46.3 Å². The largest absolute Gasteiger partial charge is 0.337 e. The highest BCUT2D eigenvalue weighted by Crippen LogP contribution is 2.33. The summed E-state index contributed by atoms with van der Waals surface area (Å²) >= 11 is 1.46. The number of aromatic nitrogens is 2. The molecule has 1 saturated heterocycles. The number of benzene rings is 1. The zero-order valence-electron chi connectivity index (χ0n) is 14.3. The highest BCUT2D eigenvalue weighted by molar-refractivity contribution is 7.13. The van der Waals surface area contributed by atoms with Gasteiger partial charge in [0.05, 0.1) is 4.88 Å². The summed E-state index contributed by atoms with van der Waals surface area (Å²) in [5.41, 5.74) is -0.710. The van der Waals surface area contributed by atoms with Crippen molar-refractivity contribution in [2.24, 2.45) is 0 Å². The van der Waals surface area contributed by atoms with Crippen LogP contribution in [-0.4, -0.2) is 27.0 Å². The van der Waals surface area contributed by atoms with Crippen molar-refractivity contribution in [3.63, 3.8) is 0 Å². The van der Waals surface area contributed by atoms with Crippen molar-refractivity contribution in [3.05, 3.63) is 59.0 Å². The van der Waals surface area contributed by atoms with Gasteiger partial charge in [-0.1, -0.05) is 30.3 Å². The van der Waals surface area contributed by atoms with E-state index < -0.39 is 23.3 Å². The molecule has 0 aliphatic carbocycles. The average Bonchev–Trinajstić information content (AvgIpc) is 3.39. The molecule has 138 valence electrons. The molecule has 0 bridgehead atoms. The molecule has 1 aliphatic rings. The number of hydrogen-bond donors (Lipinski definition) is 1. The zero-order chi connectivity index (χ0) is 19.0. The van der Waals surface area contributed by atoms with E-state index in [9.17, 15) is 14.0 Å². The number of nitrogens with one attached hydrogen (secondary N) is 1. The molecule has 0 spiro atoms. The zero-order valence-corrected chi connectivity index (χ0v) is 15.1. The van der Waals surface area contributed by atoms with E-state index in [1.807, 2.05) is 17.5 Å². The number of thiophene rings is 1. The van der Waals surface area contributed by atoms with E-state index in [-0.39, 0.29) is 12.4 Å². The van der Waals surface area contributed by atoms with Crippen molar-refractivity contribution >= 4 is 23.3 Å².